The van der Waals surface area contributed by atoms with Crippen LogP contribution in [0.1, 0.15) is 5.56 Å². The SMILES string of the molecule is Cc1c(O)ccc2cc(-n3cc(-c4ccc(N(C)C)cc4)nn3)c(=O)oc12. The van der Waals surface area contributed by atoms with E-state index in [0.29, 0.717) is 22.2 Å². The molecule has 0 unspecified atom stereocenters. The lowest BCUT2D eigenvalue weighted by atomic mass is 10.1. The van der Waals surface area contributed by atoms with E-state index in [-0.39, 0.29) is 11.4 Å². The van der Waals surface area contributed by atoms with Gasteiger partial charge < -0.3 is 14.4 Å². The molecule has 0 radical (unpaired) electrons. The molecule has 0 atom stereocenters. The Hall–Kier alpha value is -3.61. The number of phenolic OH excluding ortho intramolecular Hbond substituents is 1. The molecule has 7 nitrogen and oxygen atoms in total. The Morgan fingerprint density at radius 1 is 1.11 bits per heavy atom. The van der Waals surface area contributed by atoms with Crippen molar-refractivity contribution in [1.29, 1.82) is 0 Å². The van der Waals surface area contributed by atoms with Crippen LogP contribution in [0.4, 0.5) is 5.69 Å². The van der Waals surface area contributed by atoms with Crippen molar-refractivity contribution in [3.05, 3.63) is 64.6 Å². The summed E-state index contributed by atoms with van der Waals surface area (Å²) in [4.78, 5) is 14.4. The molecule has 2 aromatic heterocycles. The van der Waals surface area contributed by atoms with Crippen molar-refractivity contribution in [1.82, 2.24) is 15.0 Å². The smallest absolute Gasteiger partial charge is 0.362 e. The van der Waals surface area contributed by atoms with Gasteiger partial charge in [0.2, 0.25) is 0 Å². The van der Waals surface area contributed by atoms with Crippen LogP contribution in [0.15, 0.2) is 57.9 Å². The molecule has 4 aromatic rings. The summed E-state index contributed by atoms with van der Waals surface area (Å²) >= 11 is 0. The molecule has 0 spiro atoms. The number of aromatic nitrogens is 3. The summed E-state index contributed by atoms with van der Waals surface area (Å²) in [5.74, 6) is 0.0858. The molecule has 0 amide bonds. The molecular weight excluding hydrogens is 344 g/mol. The molecule has 27 heavy (non-hydrogen) atoms. The van der Waals surface area contributed by atoms with Crippen molar-refractivity contribution in [2.45, 2.75) is 6.92 Å². The zero-order valence-electron chi connectivity index (χ0n) is 15.2. The van der Waals surface area contributed by atoms with Crippen LogP contribution in [0.25, 0.3) is 27.9 Å². The molecule has 0 saturated carbocycles. The highest BCUT2D eigenvalue weighted by atomic mass is 16.4. The zero-order valence-corrected chi connectivity index (χ0v) is 15.2. The second-order valence-electron chi connectivity index (χ2n) is 6.54. The van der Waals surface area contributed by atoms with Crippen LogP contribution < -0.4 is 10.5 Å². The fourth-order valence-corrected chi connectivity index (χ4v) is 2.91. The first kappa shape index (κ1) is 16.8. The van der Waals surface area contributed by atoms with Crippen LogP contribution in [0.5, 0.6) is 5.75 Å². The molecule has 0 aliphatic rings. The van der Waals surface area contributed by atoms with E-state index >= 15 is 0 Å². The summed E-state index contributed by atoms with van der Waals surface area (Å²) in [5, 5.41) is 18.7. The molecule has 2 aromatic carbocycles. The Morgan fingerprint density at radius 3 is 2.56 bits per heavy atom. The van der Waals surface area contributed by atoms with Crippen LogP contribution in [0.2, 0.25) is 0 Å². The normalized spacial score (nSPS) is 11.1. The Balaban J connectivity index is 1.76. The van der Waals surface area contributed by atoms with Crippen molar-refractivity contribution >= 4 is 16.7 Å². The van der Waals surface area contributed by atoms with Crippen molar-refractivity contribution in [2.24, 2.45) is 0 Å². The summed E-state index contributed by atoms with van der Waals surface area (Å²) in [7, 11) is 3.96. The van der Waals surface area contributed by atoms with E-state index in [1.54, 1.807) is 31.3 Å². The molecule has 4 rings (SSSR count). The summed E-state index contributed by atoms with van der Waals surface area (Å²) in [6.07, 6.45) is 1.69. The molecule has 0 aliphatic heterocycles. The maximum atomic E-state index is 12.4. The van der Waals surface area contributed by atoms with Gasteiger partial charge in [-0.3, -0.25) is 0 Å². The van der Waals surface area contributed by atoms with E-state index in [9.17, 15) is 9.90 Å². The van der Waals surface area contributed by atoms with E-state index < -0.39 is 5.63 Å². The van der Waals surface area contributed by atoms with Gasteiger partial charge in [-0.1, -0.05) is 17.3 Å². The predicted molar refractivity (Wildman–Crippen MR) is 104 cm³/mol. The van der Waals surface area contributed by atoms with Crippen molar-refractivity contribution in [3.8, 4) is 22.7 Å². The number of phenols is 1. The first-order chi connectivity index (χ1) is 12.9. The van der Waals surface area contributed by atoms with Crippen LogP contribution in [0, 0.1) is 6.92 Å². The molecule has 0 fully saturated rings. The Bertz CT molecular complexity index is 1190. The maximum absolute atomic E-state index is 12.4. The van der Waals surface area contributed by atoms with Gasteiger partial charge in [0.25, 0.3) is 0 Å². The lowest BCUT2D eigenvalue weighted by Gasteiger charge is -2.11. The molecule has 2 heterocycles. The van der Waals surface area contributed by atoms with Gasteiger partial charge in [0.05, 0.1) is 6.20 Å². The van der Waals surface area contributed by atoms with Crippen LogP contribution >= 0.6 is 0 Å². The highest BCUT2D eigenvalue weighted by Crippen LogP contribution is 2.26. The zero-order chi connectivity index (χ0) is 19.1. The Kier molecular flexibility index (Phi) is 3.92. The van der Waals surface area contributed by atoms with E-state index in [1.807, 2.05) is 43.3 Å². The van der Waals surface area contributed by atoms with Crippen LogP contribution in [0.3, 0.4) is 0 Å². The standard InChI is InChI=1S/C20H18N4O3/c1-12-18(25)9-6-14-10-17(20(26)27-19(12)14)24-11-16(21-22-24)13-4-7-15(8-5-13)23(2)3/h4-11,25H,1-3H3. The number of anilines is 1. The average Bonchev–Trinajstić information content (AvgIpc) is 3.15. The molecule has 7 heteroatoms. The summed E-state index contributed by atoms with van der Waals surface area (Å²) in [5.41, 5.74) is 3.24. The van der Waals surface area contributed by atoms with Gasteiger partial charge in [-0.05, 0) is 37.3 Å². The van der Waals surface area contributed by atoms with Crippen molar-refractivity contribution in [2.75, 3.05) is 19.0 Å². The lowest BCUT2D eigenvalue weighted by Crippen LogP contribution is -2.11. The number of hydrogen-bond donors (Lipinski definition) is 1. The number of benzene rings is 2. The molecule has 0 aliphatic carbocycles. The van der Waals surface area contributed by atoms with Crippen LogP contribution in [-0.4, -0.2) is 34.2 Å². The number of nitrogens with zero attached hydrogens (tertiary/aromatic N) is 4. The minimum Gasteiger partial charge on any atom is -0.508 e. The minimum absolute atomic E-state index is 0.0858. The second kappa shape index (κ2) is 6.28. The third kappa shape index (κ3) is 2.93. The highest BCUT2D eigenvalue weighted by Gasteiger charge is 2.13. The van der Waals surface area contributed by atoms with Crippen molar-refractivity contribution < 1.29 is 9.52 Å². The van der Waals surface area contributed by atoms with Gasteiger partial charge in [-0.2, -0.15) is 0 Å². The first-order valence-corrected chi connectivity index (χ1v) is 8.41. The fraction of sp³-hybridized carbons (Fsp3) is 0.150. The third-order valence-electron chi connectivity index (χ3n) is 4.52. The lowest BCUT2D eigenvalue weighted by molar-refractivity contribution is 0.468. The van der Waals surface area contributed by atoms with E-state index in [4.69, 9.17) is 4.42 Å². The number of fused-ring (bicyclic) bond motifs is 1. The number of aromatic hydroxyl groups is 1. The molecular formula is C20H18N4O3. The van der Waals surface area contributed by atoms with E-state index in [2.05, 4.69) is 10.3 Å². The number of hydrogen-bond acceptors (Lipinski definition) is 6. The second-order valence-corrected chi connectivity index (χ2v) is 6.54. The Morgan fingerprint density at radius 2 is 1.85 bits per heavy atom. The van der Waals surface area contributed by atoms with Gasteiger partial charge in [0.15, 0.2) is 5.69 Å². The quantitative estimate of drug-likeness (QED) is 0.564. The van der Waals surface area contributed by atoms with Gasteiger partial charge in [0.1, 0.15) is 17.0 Å². The molecule has 136 valence electrons. The molecule has 0 saturated heterocycles. The summed E-state index contributed by atoms with van der Waals surface area (Å²) in [6, 6.07) is 12.9. The monoisotopic (exact) mass is 362 g/mol. The van der Waals surface area contributed by atoms with E-state index in [0.717, 1.165) is 11.3 Å². The predicted octanol–water partition coefficient (Wildman–Crippen LogP) is 3.12. The fourth-order valence-electron chi connectivity index (χ4n) is 2.91. The van der Waals surface area contributed by atoms with Gasteiger partial charge in [-0.15, -0.1) is 5.10 Å². The average molecular weight is 362 g/mol. The molecule has 0 bridgehead atoms. The van der Waals surface area contributed by atoms with Gasteiger partial charge in [-0.25, -0.2) is 9.48 Å². The number of aryl methyl sites for hydroxylation is 1. The summed E-state index contributed by atoms with van der Waals surface area (Å²) in [6.45, 7) is 1.70. The van der Waals surface area contributed by atoms with E-state index in [1.165, 1.54) is 4.68 Å². The van der Waals surface area contributed by atoms with Crippen molar-refractivity contribution in [3.63, 3.8) is 0 Å². The molecule has 1 N–H and O–H groups in total. The first-order valence-electron chi connectivity index (χ1n) is 8.41. The largest absolute Gasteiger partial charge is 0.508 e. The van der Waals surface area contributed by atoms with Gasteiger partial charge >= 0.3 is 5.63 Å². The maximum Gasteiger partial charge on any atom is 0.362 e. The van der Waals surface area contributed by atoms with Gasteiger partial charge in [0, 0.05) is 36.3 Å². The topological polar surface area (TPSA) is 84.4 Å². The third-order valence-corrected chi connectivity index (χ3v) is 4.52. The minimum atomic E-state index is -0.546. The number of rotatable bonds is 3. The summed E-state index contributed by atoms with van der Waals surface area (Å²) < 4.78 is 6.81. The Labute approximate surface area is 155 Å². The van der Waals surface area contributed by atoms with Crippen LogP contribution in [-0.2, 0) is 0 Å². The highest BCUT2D eigenvalue weighted by molar-refractivity contribution is 5.83.